The van der Waals surface area contributed by atoms with E-state index in [2.05, 4.69) is 20.8 Å². The van der Waals surface area contributed by atoms with Gasteiger partial charge in [-0.05, 0) is 30.6 Å². The Balaban J connectivity index is 1.88. The van der Waals surface area contributed by atoms with E-state index >= 15 is 0 Å². The molecule has 0 radical (unpaired) electrons. The Morgan fingerprint density at radius 1 is 1.11 bits per heavy atom. The molecule has 3 rings (SSSR count). The lowest BCUT2D eigenvalue weighted by molar-refractivity contribution is -0.269. The Kier molecular flexibility index (Phi) is 5.88. The van der Waals surface area contributed by atoms with Crippen LogP contribution in [-0.4, -0.2) is 43.7 Å². The van der Waals surface area contributed by atoms with Gasteiger partial charge in [-0.25, -0.2) is 0 Å². The van der Waals surface area contributed by atoms with Crippen LogP contribution in [-0.2, 0) is 28.5 Å². The molecule has 0 bridgehead atoms. The minimum atomic E-state index is -0.552. The van der Waals surface area contributed by atoms with Crippen molar-refractivity contribution >= 4 is 11.9 Å². The molecular formula is C21H34O6. The van der Waals surface area contributed by atoms with Crippen molar-refractivity contribution in [2.24, 2.45) is 29.1 Å². The molecule has 1 saturated heterocycles. The second-order valence-electron chi connectivity index (χ2n) is 9.03. The molecule has 27 heavy (non-hydrogen) atoms. The fraction of sp³-hybridized carbons (Fsp3) is 0.905. The van der Waals surface area contributed by atoms with Gasteiger partial charge in [0.1, 0.15) is 6.10 Å². The SMILES string of the molecule is CC(=O)OC[C@@H](C)[C@@H]1CC[C@@]2(C)CCC3(OCCO3)[C@@H](C)C2[C@H]1OC(C)=O. The van der Waals surface area contributed by atoms with Gasteiger partial charge in [0, 0.05) is 38.0 Å². The van der Waals surface area contributed by atoms with Crippen LogP contribution in [0.5, 0.6) is 0 Å². The van der Waals surface area contributed by atoms with Crippen LogP contribution in [0, 0.1) is 29.1 Å². The number of esters is 2. The van der Waals surface area contributed by atoms with Crippen LogP contribution in [0.4, 0.5) is 0 Å². The molecule has 2 saturated carbocycles. The zero-order chi connectivity index (χ0) is 19.8. The summed E-state index contributed by atoms with van der Waals surface area (Å²) in [5.41, 5.74) is 0.0950. The molecule has 3 aliphatic rings. The number of ether oxygens (including phenoxy) is 4. The Morgan fingerprint density at radius 3 is 2.37 bits per heavy atom. The van der Waals surface area contributed by atoms with Crippen LogP contribution in [0.3, 0.4) is 0 Å². The summed E-state index contributed by atoms with van der Waals surface area (Å²) in [4.78, 5) is 23.2. The zero-order valence-corrected chi connectivity index (χ0v) is 17.3. The second kappa shape index (κ2) is 7.70. The fourth-order valence-corrected chi connectivity index (χ4v) is 5.84. The van der Waals surface area contributed by atoms with Gasteiger partial charge in [0.05, 0.1) is 19.8 Å². The summed E-state index contributed by atoms with van der Waals surface area (Å²) in [6.45, 7) is 11.1. The fourth-order valence-electron chi connectivity index (χ4n) is 5.84. The van der Waals surface area contributed by atoms with Crippen molar-refractivity contribution in [1.29, 1.82) is 0 Å². The smallest absolute Gasteiger partial charge is 0.302 e. The minimum absolute atomic E-state index is 0.0950. The van der Waals surface area contributed by atoms with Crippen molar-refractivity contribution in [2.45, 2.75) is 72.2 Å². The van der Waals surface area contributed by atoms with Crippen LogP contribution < -0.4 is 0 Å². The predicted molar refractivity (Wildman–Crippen MR) is 98.7 cm³/mol. The van der Waals surface area contributed by atoms with Crippen LogP contribution in [0.2, 0.25) is 0 Å². The molecule has 0 amide bonds. The highest BCUT2D eigenvalue weighted by atomic mass is 16.7. The van der Waals surface area contributed by atoms with Gasteiger partial charge in [-0.15, -0.1) is 0 Å². The van der Waals surface area contributed by atoms with E-state index in [1.54, 1.807) is 0 Å². The summed E-state index contributed by atoms with van der Waals surface area (Å²) in [5, 5.41) is 0. The Bertz CT molecular complexity index is 569. The lowest BCUT2D eigenvalue weighted by Gasteiger charge is -2.58. The highest BCUT2D eigenvalue weighted by molar-refractivity contribution is 5.66. The molecule has 6 nitrogen and oxygen atoms in total. The molecule has 1 heterocycles. The van der Waals surface area contributed by atoms with Crippen molar-refractivity contribution in [3.05, 3.63) is 0 Å². The number of fused-ring (bicyclic) bond motifs is 1. The summed E-state index contributed by atoms with van der Waals surface area (Å²) in [7, 11) is 0. The van der Waals surface area contributed by atoms with Crippen molar-refractivity contribution in [2.75, 3.05) is 19.8 Å². The number of carbonyl (C=O) groups is 2. The quantitative estimate of drug-likeness (QED) is 0.695. The number of hydrogen-bond acceptors (Lipinski definition) is 6. The van der Waals surface area contributed by atoms with Crippen molar-refractivity contribution in [1.82, 2.24) is 0 Å². The molecule has 0 N–H and O–H groups in total. The third-order valence-corrected chi connectivity index (χ3v) is 7.27. The molecular weight excluding hydrogens is 348 g/mol. The average Bonchev–Trinajstić information content (AvgIpc) is 3.06. The Hall–Kier alpha value is -1.14. The highest BCUT2D eigenvalue weighted by Gasteiger charge is 2.61. The second-order valence-corrected chi connectivity index (χ2v) is 9.03. The first-order valence-corrected chi connectivity index (χ1v) is 10.3. The maximum atomic E-state index is 12.0. The molecule has 154 valence electrons. The van der Waals surface area contributed by atoms with E-state index < -0.39 is 5.79 Å². The van der Waals surface area contributed by atoms with Gasteiger partial charge in [0.2, 0.25) is 0 Å². The largest absolute Gasteiger partial charge is 0.466 e. The standard InChI is InChI=1S/C21H34O6/c1-13(12-24-15(3)22)17-6-7-20(5)8-9-21(25-10-11-26-21)14(2)18(20)19(17)27-16(4)23/h13-14,17-19H,6-12H2,1-5H3/t13-,14+,17+,18?,19+,20+/m1/s1. The average molecular weight is 382 g/mol. The molecule has 0 aromatic carbocycles. The molecule has 2 aliphatic carbocycles. The van der Waals surface area contributed by atoms with Gasteiger partial charge >= 0.3 is 11.9 Å². The van der Waals surface area contributed by atoms with Crippen LogP contribution in [0.1, 0.15) is 60.3 Å². The van der Waals surface area contributed by atoms with Crippen molar-refractivity contribution < 1.29 is 28.5 Å². The predicted octanol–water partition coefficient (Wildman–Crippen LogP) is 3.32. The van der Waals surface area contributed by atoms with Gasteiger partial charge in [-0.1, -0.05) is 20.8 Å². The van der Waals surface area contributed by atoms with Crippen molar-refractivity contribution in [3.8, 4) is 0 Å². The van der Waals surface area contributed by atoms with E-state index in [0.29, 0.717) is 19.8 Å². The van der Waals surface area contributed by atoms with E-state index in [-0.39, 0.29) is 47.1 Å². The number of rotatable bonds is 4. The molecule has 0 aromatic heterocycles. The van der Waals surface area contributed by atoms with Gasteiger partial charge in [0.25, 0.3) is 0 Å². The van der Waals surface area contributed by atoms with E-state index in [1.807, 2.05) is 0 Å². The van der Waals surface area contributed by atoms with Gasteiger partial charge < -0.3 is 18.9 Å². The normalized spacial score (nSPS) is 38.9. The minimum Gasteiger partial charge on any atom is -0.466 e. The third-order valence-electron chi connectivity index (χ3n) is 7.27. The summed E-state index contributed by atoms with van der Waals surface area (Å²) >= 11 is 0. The maximum absolute atomic E-state index is 12.0. The monoisotopic (exact) mass is 382 g/mol. The number of carbonyl (C=O) groups excluding carboxylic acids is 2. The summed E-state index contributed by atoms with van der Waals surface area (Å²) in [5.74, 6) is -0.510. The first-order valence-electron chi connectivity index (χ1n) is 10.3. The molecule has 3 fully saturated rings. The molecule has 0 aromatic rings. The first-order chi connectivity index (χ1) is 12.7. The lowest BCUT2D eigenvalue weighted by atomic mass is 9.51. The molecule has 6 heteroatoms. The highest BCUT2D eigenvalue weighted by Crippen LogP contribution is 2.59. The van der Waals surface area contributed by atoms with Gasteiger partial charge in [-0.2, -0.15) is 0 Å². The van der Waals surface area contributed by atoms with Crippen LogP contribution in [0.25, 0.3) is 0 Å². The summed E-state index contributed by atoms with van der Waals surface area (Å²) in [6.07, 6.45) is 3.72. The van der Waals surface area contributed by atoms with Gasteiger partial charge in [-0.3, -0.25) is 9.59 Å². The molecule has 1 aliphatic heterocycles. The number of hydrogen-bond donors (Lipinski definition) is 0. The van der Waals surface area contributed by atoms with Crippen LogP contribution in [0.15, 0.2) is 0 Å². The van der Waals surface area contributed by atoms with Crippen molar-refractivity contribution in [3.63, 3.8) is 0 Å². The Labute approximate surface area is 162 Å². The molecule has 1 unspecified atom stereocenters. The molecule has 6 atom stereocenters. The van der Waals surface area contributed by atoms with Gasteiger partial charge in [0.15, 0.2) is 5.79 Å². The Morgan fingerprint density at radius 2 is 1.78 bits per heavy atom. The van der Waals surface area contributed by atoms with Crippen LogP contribution >= 0.6 is 0 Å². The third kappa shape index (κ3) is 3.88. The molecule has 1 spiro atoms. The maximum Gasteiger partial charge on any atom is 0.302 e. The van der Waals surface area contributed by atoms with E-state index in [9.17, 15) is 9.59 Å². The summed E-state index contributed by atoms with van der Waals surface area (Å²) in [6, 6.07) is 0. The summed E-state index contributed by atoms with van der Waals surface area (Å²) < 4.78 is 23.4. The van der Waals surface area contributed by atoms with E-state index in [1.165, 1.54) is 13.8 Å². The zero-order valence-electron chi connectivity index (χ0n) is 17.3. The lowest BCUT2D eigenvalue weighted by Crippen LogP contribution is -2.60. The topological polar surface area (TPSA) is 71.1 Å². The van der Waals surface area contributed by atoms with E-state index in [4.69, 9.17) is 18.9 Å². The first kappa shape index (κ1) is 20.6. The van der Waals surface area contributed by atoms with E-state index in [0.717, 1.165) is 25.7 Å².